The van der Waals surface area contributed by atoms with E-state index in [1.165, 1.54) is 12.0 Å². The molecule has 0 aromatic heterocycles. The molecule has 26 heavy (non-hydrogen) atoms. The standard InChI is InChI=1S/C18H22F2N2O4/c1-25-10-16(26-14-8-11(19)7-12(20)9-14)18(24)22-6-2-3-15(22)17(23)21-13-4-5-13/h7-9,13,15-16H,2-6,10H2,1H3,(H,21,23). The molecule has 2 unspecified atom stereocenters. The molecule has 2 aliphatic rings. The maximum atomic E-state index is 13.4. The molecule has 1 heterocycles. The van der Waals surface area contributed by atoms with Gasteiger partial charge >= 0.3 is 0 Å². The summed E-state index contributed by atoms with van der Waals surface area (Å²) in [5, 5.41) is 2.91. The minimum atomic E-state index is -1.09. The Hall–Kier alpha value is -2.22. The zero-order valence-electron chi connectivity index (χ0n) is 14.5. The average molecular weight is 368 g/mol. The molecule has 0 radical (unpaired) electrons. The van der Waals surface area contributed by atoms with Crippen LogP contribution in [0.25, 0.3) is 0 Å². The lowest BCUT2D eigenvalue weighted by atomic mass is 10.2. The molecule has 1 aromatic carbocycles. The number of likely N-dealkylation sites (tertiary alicyclic amines) is 1. The molecule has 3 rings (SSSR count). The van der Waals surface area contributed by atoms with Gasteiger partial charge in [-0.2, -0.15) is 0 Å². The zero-order valence-corrected chi connectivity index (χ0v) is 14.5. The third-order valence-corrected chi connectivity index (χ3v) is 4.47. The van der Waals surface area contributed by atoms with Gasteiger partial charge in [0.15, 0.2) is 6.10 Å². The molecule has 142 valence electrons. The molecule has 1 aliphatic heterocycles. The molecule has 2 atom stereocenters. The summed E-state index contributed by atoms with van der Waals surface area (Å²) < 4.78 is 37.2. The Labute approximate surface area is 150 Å². The first kappa shape index (κ1) is 18.6. The number of carbonyl (C=O) groups excluding carboxylic acids is 2. The number of ether oxygens (including phenoxy) is 2. The second-order valence-corrected chi connectivity index (χ2v) is 6.64. The molecule has 0 spiro atoms. The number of carbonyl (C=O) groups is 2. The Balaban J connectivity index is 1.71. The number of rotatable bonds is 7. The number of hydrogen-bond acceptors (Lipinski definition) is 4. The molecular formula is C18H22F2N2O4. The van der Waals surface area contributed by atoms with Crippen LogP contribution in [-0.4, -0.2) is 55.2 Å². The lowest BCUT2D eigenvalue weighted by molar-refractivity contribution is -0.146. The van der Waals surface area contributed by atoms with Crippen molar-refractivity contribution < 1.29 is 27.8 Å². The van der Waals surface area contributed by atoms with Gasteiger partial charge in [-0.3, -0.25) is 9.59 Å². The highest BCUT2D eigenvalue weighted by molar-refractivity contribution is 5.90. The first-order chi connectivity index (χ1) is 12.5. The van der Waals surface area contributed by atoms with Crippen molar-refractivity contribution in [3.63, 3.8) is 0 Å². The third kappa shape index (κ3) is 4.49. The van der Waals surface area contributed by atoms with Crippen molar-refractivity contribution in [3.05, 3.63) is 29.8 Å². The number of amides is 2. The molecule has 0 bridgehead atoms. The second kappa shape index (κ2) is 7.99. The second-order valence-electron chi connectivity index (χ2n) is 6.64. The van der Waals surface area contributed by atoms with Crippen molar-refractivity contribution in [1.82, 2.24) is 10.2 Å². The summed E-state index contributed by atoms with van der Waals surface area (Å²) >= 11 is 0. The van der Waals surface area contributed by atoms with Gasteiger partial charge < -0.3 is 19.7 Å². The summed E-state index contributed by atoms with van der Waals surface area (Å²) in [5.74, 6) is -2.29. The Kier molecular flexibility index (Phi) is 5.70. The summed E-state index contributed by atoms with van der Waals surface area (Å²) in [6.07, 6.45) is 2.14. The topological polar surface area (TPSA) is 67.9 Å². The number of methoxy groups -OCH3 is 1. The van der Waals surface area contributed by atoms with E-state index in [-0.39, 0.29) is 24.3 Å². The van der Waals surface area contributed by atoms with Crippen LogP contribution in [-0.2, 0) is 14.3 Å². The summed E-state index contributed by atoms with van der Waals surface area (Å²) in [5.41, 5.74) is 0. The number of benzene rings is 1. The fourth-order valence-electron chi connectivity index (χ4n) is 3.08. The van der Waals surface area contributed by atoms with Crippen LogP contribution in [0.5, 0.6) is 5.75 Å². The number of nitrogens with one attached hydrogen (secondary N) is 1. The maximum Gasteiger partial charge on any atom is 0.266 e. The highest BCUT2D eigenvalue weighted by Crippen LogP contribution is 2.24. The Morgan fingerprint density at radius 3 is 2.54 bits per heavy atom. The predicted molar refractivity (Wildman–Crippen MR) is 88.5 cm³/mol. The van der Waals surface area contributed by atoms with E-state index in [4.69, 9.17) is 9.47 Å². The summed E-state index contributed by atoms with van der Waals surface area (Å²) in [7, 11) is 1.40. The molecule has 1 saturated carbocycles. The number of nitrogens with zero attached hydrogens (tertiary/aromatic N) is 1. The molecule has 8 heteroatoms. The lowest BCUT2D eigenvalue weighted by Gasteiger charge is -2.28. The molecule has 6 nitrogen and oxygen atoms in total. The van der Waals surface area contributed by atoms with Gasteiger partial charge in [0.25, 0.3) is 5.91 Å². The van der Waals surface area contributed by atoms with Crippen molar-refractivity contribution in [2.45, 2.75) is 43.9 Å². The van der Waals surface area contributed by atoms with E-state index in [2.05, 4.69) is 5.32 Å². The molecule has 1 saturated heterocycles. The number of hydrogen-bond donors (Lipinski definition) is 1. The monoisotopic (exact) mass is 368 g/mol. The first-order valence-electron chi connectivity index (χ1n) is 8.70. The van der Waals surface area contributed by atoms with Gasteiger partial charge in [-0.15, -0.1) is 0 Å². The SMILES string of the molecule is COCC(Oc1cc(F)cc(F)c1)C(=O)N1CCCC1C(=O)NC1CC1. The van der Waals surface area contributed by atoms with Gasteiger partial charge in [0.2, 0.25) is 5.91 Å². The van der Waals surface area contributed by atoms with Gasteiger partial charge in [0.05, 0.1) is 6.61 Å². The van der Waals surface area contributed by atoms with E-state index in [1.807, 2.05) is 0 Å². The molecule has 1 N–H and O–H groups in total. The summed E-state index contributed by atoms with van der Waals surface area (Å²) in [4.78, 5) is 26.7. The van der Waals surface area contributed by atoms with Crippen LogP contribution in [0.4, 0.5) is 8.78 Å². The smallest absolute Gasteiger partial charge is 0.266 e. The van der Waals surface area contributed by atoms with Crippen molar-refractivity contribution in [3.8, 4) is 5.75 Å². The van der Waals surface area contributed by atoms with Gasteiger partial charge in [0, 0.05) is 37.9 Å². The Bertz CT molecular complexity index is 661. The van der Waals surface area contributed by atoms with Crippen molar-refractivity contribution >= 4 is 11.8 Å². The van der Waals surface area contributed by atoms with Crippen LogP contribution in [0, 0.1) is 11.6 Å². The minimum Gasteiger partial charge on any atom is -0.478 e. The predicted octanol–water partition coefficient (Wildman–Crippen LogP) is 1.63. The van der Waals surface area contributed by atoms with Gasteiger partial charge in [-0.25, -0.2) is 8.78 Å². The van der Waals surface area contributed by atoms with E-state index in [0.717, 1.165) is 31.0 Å². The minimum absolute atomic E-state index is 0.0928. The van der Waals surface area contributed by atoms with Crippen molar-refractivity contribution in [2.75, 3.05) is 20.3 Å². The van der Waals surface area contributed by atoms with Crippen LogP contribution < -0.4 is 10.1 Å². The highest BCUT2D eigenvalue weighted by atomic mass is 19.1. The Morgan fingerprint density at radius 2 is 1.92 bits per heavy atom. The summed E-state index contributed by atoms with van der Waals surface area (Å²) in [6.45, 7) is 0.340. The number of halogens is 2. The van der Waals surface area contributed by atoms with E-state index in [0.29, 0.717) is 19.4 Å². The van der Waals surface area contributed by atoms with Crippen LogP contribution in [0.15, 0.2) is 18.2 Å². The van der Waals surface area contributed by atoms with Gasteiger partial charge in [-0.1, -0.05) is 0 Å². The fraction of sp³-hybridized carbons (Fsp3) is 0.556. The summed E-state index contributed by atoms with van der Waals surface area (Å²) in [6, 6.07) is 2.39. The van der Waals surface area contributed by atoms with Crippen LogP contribution in [0.3, 0.4) is 0 Å². The average Bonchev–Trinajstić information content (AvgIpc) is 3.24. The van der Waals surface area contributed by atoms with Crippen LogP contribution in [0.2, 0.25) is 0 Å². The Morgan fingerprint density at radius 1 is 1.23 bits per heavy atom. The third-order valence-electron chi connectivity index (χ3n) is 4.47. The fourth-order valence-corrected chi connectivity index (χ4v) is 3.08. The van der Waals surface area contributed by atoms with Crippen LogP contribution >= 0.6 is 0 Å². The molecule has 1 aromatic rings. The normalized spacial score (nSPS) is 20.7. The maximum absolute atomic E-state index is 13.4. The van der Waals surface area contributed by atoms with E-state index < -0.39 is 29.7 Å². The van der Waals surface area contributed by atoms with Gasteiger partial charge in [0.1, 0.15) is 23.4 Å². The van der Waals surface area contributed by atoms with E-state index >= 15 is 0 Å². The quantitative estimate of drug-likeness (QED) is 0.794. The van der Waals surface area contributed by atoms with Crippen molar-refractivity contribution in [2.24, 2.45) is 0 Å². The zero-order chi connectivity index (χ0) is 18.7. The highest BCUT2D eigenvalue weighted by Gasteiger charge is 2.39. The molecule has 2 amide bonds. The molecular weight excluding hydrogens is 346 g/mol. The molecule has 1 aliphatic carbocycles. The van der Waals surface area contributed by atoms with E-state index in [1.54, 1.807) is 0 Å². The van der Waals surface area contributed by atoms with Gasteiger partial charge in [-0.05, 0) is 25.7 Å². The van der Waals surface area contributed by atoms with Crippen molar-refractivity contribution in [1.29, 1.82) is 0 Å². The lowest BCUT2D eigenvalue weighted by Crippen LogP contribution is -2.51. The first-order valence-corrected chi connectivity index (χ1v) is 8.70. The largest absolute Gasteiger partial charge is 0.478 e. The van der Waals surface area contributed by atoms with Crippen LogP contribution in [0.1, 0.15) is 25.7 Å². The van der Waals surface area contributed by atoms with E-state index in [9.17, 15) is 18.4 Å². The molecule has 2 fully saturated rings.